The van der Waals surface area contributed by atoms with Gasteiger partial charge >= 0.3 is 0 Å². The zero-order chi connectivity index (χ0) is 10.5. The average molecular weight is 210 g/mol. The van der Waals surface area contributed by atoms with E-state index in [1.165, 1.54) is 58.2 Å². The normalized spacial score (nSPS) is 30.6. The Bertz CT molecular complexity index is 169. The van der Waals surface area contributed by atoms with Crippen LogP contribution in [0.25, 0.3) is 0 Å². The van der Waals surface area contributed by atoms with Gasteiger partial charge in [-0.05, 0) is 64.1 Å². The highest BCUT2D eigenvalue weighted by Crippen LogP contribution is 2.27. The molecule has 0 amide bonds. The van der Waals surface area contributed by atoms with Crippen LogP contribution in [0.15, 0.2) is 0 Å². The van der Waals surface area contributed by atoms with Gasteiger partial charge in [-0.1, -0.05) is 12.8 Å². The third kappa shape index (κ3) is 3.46. The van der Waals surface area contributed by atoms with E-state index < -0.39 is 0 Å². The molecule has 0 radical (unpaired) electrons. The number of hydrogen-bond donors (Lipinski definition) is 2. The summed E-state index contributed by atoms with van der Waals surface area (Å²) >= 11 is 0. The van der Waals surface area contributed by atoms with Gasteiger partial charge in [0.15, 0.2) is 0 Å². The van der Waals surface area contributed by atoms with Crippen LogP contribution in [0.5, 0.6) is 0 Å². The van der Waals surface area contributed by atoms with Crippen LogP contribution in [-0.2, 0) is 0 Å². The molecule has 2 rings (SSSR count). The van der Waals surface area contributed by atoms with Crippen LogP contribution in [0.3, 0.4) is 0 Å². The smallest absolute Gasteiger partial charge is 0.00671 e. The van der Waals surface area contributed by atoms with E-state index in [1.807, 2.05) is 0 Å². The third-order valence-electron chi connectivity index (χ3n) is 4.23. The largest absolute Gasteiger partial charge is 0.316 e. The molecule has 0 bridgehead atoms. The molecule has 2 heteroatoms. The molecular weight excluding hydrogens is 184 g/mol. The highest BCUT2D eigenvalue weighted by Gasteiger charge is 2.22. The second-order valence-electron chi connectivity index (χ2n) is 5.45. The maximum absolute atomic E-state index is 3.75. The first-order valence-corrected chi connectivity index (χ1v) is 6.80. The van der Waals surface area contributed by atoms with Gasteiger partial charge in [-0.15, -0.1) is 0 Å². The molecule has 15 heavy (non-hydrogen) atoms. The molecule has 1 heterocycles. The molecule has 1 saturated carbocycles. The summed E-state index contributed by atoms with van der Waals surface area (Å²) in [5.41, 5.74) is 0. The van der Waals surface area contributed by atoms with Crippen LogP contribution in [-0.4, -0.2) is 25.7 Å². The fourth-order valence-electron chi connectivity index (χ4n) is 3.07. The van der Waals surface area contributed by atoms with Crippen LogP contribution >= 0.6 is 0 Å². The Morgan fingerprint density at radius 1 is 1.20 bits per heavy atom. The van der Waals surface area contributed by atoms with Crippen LogP contribution in [0.1, 0.15) is 45.4 Å². The van der Waals surface area contributed by atoms with Crippen molar-refractivity contribution in [2.75, 3.05) is 19.6 Å². The molecule has 0 aromatic carbocycles. The lowest BCUT2D eigenvalue weighted by molar-refractivity contribution is 0.313. The van der Waals surface area contributed by atoms with Crippen molar-refractivity contribution in [3.63, 3.8) is 0 Å². The summed E-state index contributed by atoms with van der Waals surface area (Å²) in [5, 5.41) is 7.24. The Morgan fingerprint density at radius 3 is 2.67 bits per heavy atom. The molecule has 2 atom stereocenters. The van der Waals surface area contributed by atoms with E-state index in [0.717, 1.165) is 17.9 Å². The fraction of sp³-hybridized carbons (Fsp3) is 1.00. The third-order valence-corrected chi connectivity index (χ3v) is 4.23. The molecule has 0 spiro atoms. The summed E-state index contributed by atoms with van der Waals surface area (Å²) in [7, 11) is 0. The van der Waals surface area contributed by atoms with E-state index in [2.05, 4.69) is 17.6 Å². The van der Waals surface area contributed by atoms with Gasteiger partial charge in [-0.25, -0.2) is 0 Å². The molecule has 1 unspecified atom stereocenters. The van der Waals surface area contributed by atoms with Crippen molar-refractivity contribution < 1.29 is 0 Å². The summed E-state index contributed by atoms with van der Waals surface area (Å²) in [4.78, 5) is 0. The van der Waals surface area contributed by atoms with Crippen LogP contribution in [0.4, 0.5) is 0 Å². The zero-order valence-electron chi connectivity index (χ0n) is 10.1. The summed E-state index contributed by atoms with van der Waals surface area (Å²) in [5.74, 6) is 1.84. The minimum Gasteiger partial charge on any atom is -0.316 e. The zero-order valence-corrected chi connectivity index (χ0v) is 10.1. The van der Waals surface area contributed by atoms with E-state index in [-0.39, 0.29) is 0 Å². The van der Waals surface area contributed by atoms with E-state index >= 15 is 0 Å². The maximum atomic E-state index is 3.75. The minimum absolute atomic E-state index is 0.745. The van der Waals surface area contributed by atoms with Gasteiger partial charge in [0.1, 0.15) is 0 Å². The summed E-state index contributed by atoms with van der Waals surface area (Å²) in [6.45, 7) is 6.07. The Hall–Kier alpha value is -0.0800. The van der Waals surface area contributed by atoms with Gasteiger partial charge < -0.3 is 10.6 Å². The lowest BCUT2D eigenvalue weighted by Crippen LogP contribution is -2.41. The van der Waals surface area contributed by atoms with Gasteiger partial charge in [0.05, 0.1) is 0 Å². The number of rotatable bonds is 4. The van der Waals surface area contributed by atoms with Gasteiger partial charge in [0.25, 0.3) is 0 Å². The Morgan fingerprint density at radius 2 is 2.00 bits per heavy atom. The lowest BCUT2D eigenvalue weighted by Gasteiger charge is -2.27. The predicted molar refractivity (Wildman–Crippen MR) is 65.0 cm³/mol. The summed E-state index contributed by atoms with van der Waals surface area (Å²) in [6, 6.07) is 0.745. The molecule has 0 aromatic heterocycles. The van der Waals surface area contributed by atoms with Gasteiger partial charge in [0.2, 0.25) is 0 Å². The Kier molecular flexibility index (Phi) is 4.45. The highest BCUT2D eigenvalue weighted by atomic mass is 14.9. The SMILES string of the molecule is C[C@H](NCC1CCCNC1)C1CCCC1. The van der Waals surface area contributed by atoms with E-state index in [9.17, 15) is 0 Å². The topological polar surface area (TPSA) is 24.1 Å². The lowest BCUT2D eigenvalue weighted by atomic mass is 9.96. The second kappa shape index (κ2) is 5.86. The highest BCUT2D eigenvalue weighted by molar-refractivity contribution is 4.79. The standard InChI is InChI=1S/C13H26N2/c1-11(13-6-2-3-7-13)15-10-12-5-4-8-14-9-12/h11-15H,2-10H2,1H3/t11-,12?/m0/s1. The van der Waals surface area contributed by atoms with Crippen molar-refractivity contribution in [3.05, 3.63) is 0 Å². The molecule has 0 aromatic rings. The first-order chi connectivity index (χ1) is 7.36. The van der Waals surface area contributed by atoms with Gasteiger partial charge in [0, 0.05) is 6.04 Å². The molecule has 2 N–H and O–H groups in total. The Labute approximate surface area is 94.2 Å². The van der Waals surface area contributed by atoms with Crippen LogP contribution < -0.4 is 10.6 Å². The molecule has 1 saturated heterocycles. The minimum atomic E-state index is 0.745. The van der Waals surface area contributed by atoms with Crippen LogP contribution in [0.2, 0.25) is 0 Å². The number of hydrogen-bond acceptors (Lipinski definition) is 2. The number of piperidine rings is 1. The van der Waals surface area contributed by atoms with Crippen molar-refractivity contribution in [3.8, 4) is 0 Å². The molecule has 1 aliphatic heterocycles. The number of nitrogens with one attached hydrogen (secondary N) is 2. The van der Waals surface area contributed by atoms with Crippen LogP contribution in [0, 0.1) is 11.8 Å². The van der Waals surface area contributed by atoms with Gasteiger partial charge in [-0.3, -0.25) is 0 Å². The van der Waals surface area contributed by atoms with Crippen molar-refractivity contribution in [2.45, 2.75) is 51.5 Å². The quantitative estimate of drug-likeness (QED) is 0.743. The maximum Gasteiger partial charge on any atom is 0.00671 e. The molecule has 2 aliphatic rings. The fourth-order valence-corrected chi connectivity index (χ4v) is 3.07. The van der Waals surface area contributed by atoms with E-state index in [1.54, 1.807) is 0 Å². The van der Waals surface area contributed by atoms with Crippen molar-refractivity contribution >= 4 is 0 Å². The van der Waals surface area contributed by atoms with Gasteiger partial charge in [-0.2, -0.15) is 0 Å². The second-order valence-corrected chi connectivity index (χ2v) is 5.45. The monoisotopic (exact) mass is 210 g/mol. The van der Waals surface area contributed by atoms with E-state index in [0.29, 0.717) is 0 Å². The summed E-state index contributed by atoms with van der Waals surface area (Å²) in [6.07, 6.45) is 8.61. The molecule has 88 valence electrons. The average Bonchev–Trinajstić information content (AvgIpc) is 2.81. The Balaban J connectivity index is 1.63. The molecule has 2 fully saturated rings. The van der Waals surface area contributed by atoms with Crippen molar-refractivity contribution in [2.24, 2.45) is 11.8 Å². The van der Waals surface area contributed by atoms with Crippen molar-refractivity contribution in [1.82, 2.24) is 10.6 Å². The molecule has 2 nitrogen and oxygen atoms in total. The first-order valence-electron chi connectivity index (χ1n) is 6.80. The predicted octanol–water partition coefficient (Wildman–Crippen LogP) is 2.15. The van der Waals surface area contributed by atoms with Crippen molar-refractivity contribution in [1.29, 1.82) is 0 Å². The summed E-state index contributed by atoms with van der Waals surface area (Å²) < 4.78 is 0. The van der Waals surface area contributed by atoms with E-state index in [4.69, 9.17) is 0 Å². The molecule has 1 aliphatic carbocycles. The molecular formula is C13H26N2. The first kappa shape index (κ1) is 11.4.